The summed E-state index contributed by atoms with van der Waals surface area (Å²) in [5.41, 5.74) is 12.3. The zero-order valence-electron chi connectivity index (χ0n) is 9.37. The normalized spacial score (nSPS) is 11.9. The molecule has 0 heterocycles. The van der Waals surface area contributed by atoms with E-state index in [4.69, 9.17) is 11.5 Å². The average molecular weight is 347 g/mol. The number of hydrogen-bond donors (Lipinski definition) is 3. The number of benzene rings is 1. The van der Waals surface area contributed by atoms with Gasteiger partial charge in [0.1, 0.15) is 0 Å². The molecule has 0 bridgehead atoms. The van der Waals surface area contributed by atoms with Crippen LogP contribution in [0.2, 0.25) is 0 Å². The number of nitrogens with two attached hydrogens (primary N) is 2. The Labute approximate surface area is 113 Å². The lowest BCUT2D eigenvalue weighted by Crippen LogP contribution is -2.39. The highest BCUT2D eigenvalue weighted by Crippen LogP contribution is 2.17. The lowest BCUT2D eigenvalue weighted by Gasteiger charge is -2.11. The maximum atomic E-state index is 11.6. The Bertz CT molecular complexity index is 448. The van der Waals surface area contributed by atoms with Crippen molar-refractivity contribution in [3.8, 4) is 0 Å². The number of rotatable bonds is 4. The van der Waals surface area contributed by atoms with Crippen molar-refractivity contribution in [2.24, 2.45) is 11.5 Å². The lowest BCUT2D eigenvalue weighted by atomic mass is 10.2. The number of aryl methyl sites for hydroxylation is 1. The molecule has 1 aromatic carbocycles. The first-order chi connectivity index (χ1) is 7.90. The van der Waals surface area contributed by atoms with E-state index in [0.717, 1.165) is 9.13 Å². The van der Waals surface area contributed by atoms with Gasteiger partial charge in [-0.25, -0.2) is 0 Å². The van der Waals surface area contributed by atoms with Crippen LogP contribution in [-0.4, -0.2) is 17.9 Å². The number of halogens is 1. The third-order valence-corrected chi connectivity index (χ3v) is 3.36. The maximum absolute atomic E-state index is 11.6. The van der Waals surface area contributed by atoms with Gasteiger partial charge in [-0.3, -0.25) is 9.59 Å². The molecule has 92 valence electrons. The van der Waals surface area contributed by atoms with Gasteiger partial charge in [-0.1, -0.05) is 6.07 Å². The highest BCUT2D eigenvalue weighted by atomic mass is 127. The topological polar surface area (TPSA) is 98.2 Å². The minimum absolute atomic E-state index is 0.158. The molecule has 5 nitrogen and oxygen atoms in total. The highest BCUT2D eigenvalue weighted by Gasteiger charge is 2.16. The average Bonchev–Trinajstić information content (AvgIpc) is 2.22. The Kier molecular flexibility index (Phi) is 4.88. The van der Waals surface area contributed by atoms with E-state index in [2.05, 4.69) is 27.9 Å². The molecule has 1 unspecified atom stereocenters. The predicted octanol–water partition coefficient (Wildman–Crippen LogP) is 0.741. The summed E-state index contributed by atoms with van der Waals surface area (Å²) in [6.45, 7) is 1.98. The van der Waals surface area contributed by atoms with Gasteiger partial charge in [0, 0.05) is 9.26 Å². The van der Waals surface area contributed by atoms with Crippen LogP contribution in [0.1, 0.15) is 12.0 Å². The van der Waals surface area contributed by atoms with Gasteiger partial charge in [-0.2, -0.15) is 0 Å². The molecule has 0 fully saturated rings. The monoisotopic (exact) mass is 347 g/mol. The molecule has 1 aromatic rings. The largest absolute Gasteiger partial charge is 0.370 e. The Hall–Kier alpha value is -1.15. The van der Waals surface area contributed by atoms with Crippen molar-refractivity contribution in [1.29, 1.82) is 0 Å². The van der Waals surface area contributed by atoms with Gasteiger partial charge in [0.05, 0.1) is 12.5 Å². The van der Waals surface area contributed by atoms with Gasteiger partial charge < -0.3 is 16.8 Å². The third kappa shape index (κ3) is 4.31. The van der Waals surface area contributed by atoms with E-state index in [1.54, 1.807) is 6.07 Å². The predicted molar refractivity (Wildman–Crippen MR) is 74.3 cm³/mol. The SMILES string of the molecule is Cc1ccc(NC(=O)C(N)CC(N)=O)cc1I. The number of anilines is 1. The summed E-state index contributed by atoms with van der Waals surface area (Å²) in [6, 6.07) is 4.61. The van der Waals surface area contributed by atoms with Crippen LogP contribution in [0.5, 0.6) is 0 Å². The minimum atomic E-state index is -0.911. The molecule has 1 rings (SSSR count). The first-order valence-electron chi connectivity index (χ1n) is 5.01. The molecular formula is C11H14IN3O2. The molecule has 0 aliphatic rings. The molecule has 0 radical (unpaired) electrons. The van der Waals surface area contributed by atoms with Crippen LogP contribution >= 0.6 is 22.6 Å². The number of amides is 2. The number of primary amides is 1. The molecular weight excluding hydrogens is 333 g/mol. The number of nitrogens with one attached hydrogen (secondary N) is 1. The summed E-state index contributed by atoms with van der Waals surface area (Å²) >= 11 is 2.18. The molecule has 5 N–H and O–H groups in total. The van der Waals surface area contributed by atoms with Gasteiger partial charge in [-0.05, 0) is 47.2 Å². The van der Waals surface area contributed by atoms with Crippen LogP contribution < -0.4 is 16.8 Å². The third-order valence-electron chi connectivity index (χ3n) is 2.20. The number of carbonyl (C=O) groups excluding carboxylic acids is 2. The smallest absolute Gasteiger partial charge is 0.241 e. The van der Waals surface area contributed by atoms with Gasteiger partial charge >= 0.3 is 0 Å². The summed E-state index contributed by atoms with van der Waals surface area (Å²) in [6.07, 6.45) is -0.158. The first kappa shape index (κ1) is 13.9. The van der Waals surface area contributed by atoms with Crippen LogP contribution in [0, 0.1) is 10.5 Å². The Balaban J connectivity index is 2.67. The van der Waals surface area contributed by atoms with Crippen molar-refractivity contribution in [3.63, 3.8) is 0 Å². The van der Waals surface area contributed by atoms with Gasteiger partial charge in [0.25, 0.3) is 0 Å². The molecule has 0 aromatic heterocycles. The number of hydrogen-bond acceptors (Lipinski definition) is 3. The maximum Gasteiger partial charge on any atom is 0.241 e. The fraction of sp³-hybridized carbons (Fsp3) is 0.273. The van der Waals surface area contributed by atoms with Crippen molar-refractivity contribution in [3.05, 3.63) is 27.3 Å². The van der Waals surface area contributed by atoms with Crippen molar-refractivity contribution in [2.75, 3.05) is 5.32 Å². The molecule has 6 heteroatoms. The fourth-order valence-corrected chi connectivity index (χ4v) is 1.73. The Morgan fingerprint density at radius 2 is 2.12 bits per heavy atom. The summed E-state index contributed by atoms with van der Waals surface area (Å²) in [5.74, 6) is -1.01. The standard InChI is InChI=1S/C11H14IN3O2/c1-6-2-3-7(4-8(6)12)15-11(17)9(13)5-10(14)16/h2-4,9H,5,13H2,1H3,(H2,14,16)(H,15,17). The molecule has 0 saturated carbocycles. The van der Waals surface area contributed by atoms with Crippen molar-refractivity contribution in [1.82, 2.24) is 0 Å². The van der Waals surface area contributed by atoms with Crippen LogP contribution in [-0.2, 0) is 9.59 Å². The van der Waals surface area contributed by atoms with E-state index >= 15 is 0 Å². The highest BCUT2D eigenvalue weighted by molar-refractivity contribution is 14.1. The molecule has 0 saturated heterocycles. The Morgan fingerprint density at radius 3 is 2.65 bits per heavy atom. The van der Waals surface area contributed by atoms with E-state index in [1.807, 2.05) is 19.1 Å². The van der Waals surface area contributed by atoms with Crippen LogP contribution in [0.25, 0.3) is 0 Å². The first-order valence-corrected chi connectivity index (χ1v) is 6.09. The van der Waals surface area contributed by atoms with E-state index in [0.29, 0.717) is 5.69 Å². The minimum Gasteiger partial charge on any atom is -0.370 e. The molecule has 1 atom stereocenters. The quantitative estimate of drug-likeness (QED) is 0.701. The summed E-state index contributed by atoms with van der Waals surface area (Å²) in [7, 11) is 0. The van der Waals surface area contributed by atoms with Crippen molar-refractivity contribution >= 4 is 40.1 Å². The van der Waals surface area contributed by atoms with Crippen LogP contribution in [0.3, 0.4) is 0 Å². The zero-order valence-corrected chi connectivity index (χ0v) is 11.5. The van der Waals surface area contributed by atoms with E-state index < -0.39 is 17.9 Å². The van der Waals surface area contributed by atoms with Crippen LogP contribution in [0.15, 0.2) is 18.2 Å². The molecule has 17 heavy (non-hydrogen) atoms. The van der Waals surface area contributed by atoms with Gasteiger partial charge in [0.2, 0.25) is 11.8 Å². The number of carbonyl (C=O) groups is 2. The van der Waals surface area contributed by atoms with Gasteiger partial charge in [-0.15, -0.1) is 0 Å². The van der Waals surface area contributed by atoms with E-state index in [1.165, 1.54) is 0 Å². The fourth-order valence-electron chi connectivity index (χ4n) is 1.22. The van der Waals surface area contributed by atoms with Crippen LogP contribution in [0.4, 0.5) is 5.69 Å². The molecule has 0 spiro atoms. The summed E-state index contributed by atoms with van der Waals surface area (Å²) in [4.78, 5) is 22.2. The second kappa shape index (κ2) is 5.97. The second-order valence-electron chi connectivity index (χ2n) is 3.73. The van der Waals surface area contributed by atoms with Gasteiger partial charge in [0.15, 0.2) is 0 Å². The van der Waals surface area contributed by atoms with Crippen molar-refractivity contribution in [2.45, 2.75) is 19.4 Å². The Morgan fingerprint density at radius 1 is 1.47 bits per heavy atom. The molecule has 2 amide bonds. The van der Waals surface area contributed by atoms with E-state index in [-0.39, 0.29) is 6.42 Å². The zero-order chi connectivity index (χ0) is 13.0. The molecule has 0 aliphatic heterocycles. The lowest BCUT2D eigenvalue weighted by molar-refractivity contribution is -0.123. The summed E-state index contributed by atoms with van der Waals surface area (Å²) < 4.78 is 1.05. The second-order valence-corrected chi connectivity index (χ2v) is 4.89. The summed E-state index contributed by atoms with van der Waals surface area (Å²) in [5, 5.41) is 2.64. The van der Waals surface area contributed by atoms with E-state index in [9.17, 15) is 9.59 Å². The molecule has 0 aliphatic carbocycles. The van der Waals surface area contributed by atoms with Crippen molar-refractivity contribution < 1.29 is 9.59 Å².